The quantitative estimate of drug-likeness (QED) is 0.416. The summed E-state index contributed by atoms with van der Waals surface area (Å²) in [4.78, 5) is 25.2. The van der Waals surface area contributed by atoms with Crippen LogP contribution in [0, 0.1) is 0 Å². The molecule has 6 nitrogen and oxygen atoms in total. The van der Waals surface area contributed by atoms with E-state index < -0.39 is 0 Å². The number of hydrogen-bond acceptors (Lipinski definition) is 5. The Balaban J connectivity index is 1.42. The average Bonchev–Trinajstić information content (AvgIpc) is 3.54. The fourth-order valence-electron chi connectivity index (χ4n) is 3.93. The maximum Gasteiger partial charge on any atom is 0.262 e. The van der Waals surface area contributed by atoms with Gasteiger partial charge in [-0.2, -0.15) is 0 Å². The minimum absolute atomic E-state index is 0.132. The number of imidazole rings is 2. The molecule has 8 heteroatoms. The molecule has 0 saturated heterocycles. The highest BCUT2D eigenvalue weighted by Gasteiger charge is 2.24. The number of carbonyl (C=O) groups is 1. The first-order valence-electron chi connectivity index (χ1n) is 9.81. The van der Waals surface area contributed by atoms with E-state index in [9.17, 15) is 4.79 Å². The highest BCUT2D eigenvalue weighted by molar-refractivity contribution is 7.21. The second kappa shape index (κ2) is 7.04. The highest BCUT2D eigenvalue weighted by atomic mass is 32.1. The maximum atomic E-state index is 13.3. The van der Waals surface area contributed by atoms with E-state index in [0.29, 0.717) is 4.88 Å². The van der Waals surface area contributed by atoms with E-state index in [1.54, 1.807) is 11.3 Å². The first-order chi connectivity index (χ1) is 15.2. The number of fused-ring (bicyclic) bond motifs is 4. The van der Waals surface area contributed by atoms with Crippen molar-refractivity contribution in [3.05, 3.63) is 88.5 Å². The zero-order valence-corrected chi connectivity index (χ0v) is 18.2. The zero-order chi connectivity index (χ0) is 20.9. The zero-order valence-electron chi connectivity index (χ0n) is 16.5. The summed E-state index contributed by atoms with van der Waals surface area (Å²) in [6.45, 7) is 0. The molecule has 0 radical (unpaired) electrons. The predicted octanol–water partition coefficient (Wildman–Crippen LogP) is 5.02. The van der Waals surface area contributed by atoms with Crippen LogP contribution in [0.1, 0.15) is 27.1 Å². The van der Waals surface area contributed by atoms with Crippen molar-refractivity contribution < 1.29 is 4.79 Å². The van der Waals surface area contributed by atoms with Crippen LogP contribution in [0.4, 0.5) is 0 Å². The van der Waals surface area contributed by atoms with Gasteiger partial charge in [0.05, 0.1) is 21.4 Å². The summed E-state index contributed by atoms with van der Waals surface area (Å²) in [7, 11) is 1.99. The second-order valence-corrected chi connectivity index (χ2v) is 9.21. The molecule has 6 aromatic rings. The van der Waals surface area contributed by atoms with E-state index in [0.717, 1.165) is 37.7 Å². The van der Waals surface area contributed by atoms with Gasteiger partial charge in [0, 0.05) is 18.6 Å². The van der Waals surface area contributed by atoms with E-state index in [2.05, 4.69) is 10.3 Å². The molecular weight excluding hydrogens is 426 g/mol. The number of thiophene rings is 1. The number of benzene rings is 2. The Morgan fingerprint density at radius 3 is 2.68 bits per heavy atom. The van der Waals surface area contributed by atoms with Crippen LogP contribution in [0.5, 0.6) is 0 Å². The lowest BCUT2D eigenvalue weighted by Gasteiger charge is -2.19. The van der Waals surface area contributed by atoms with Crippen LogP contribution in [0.15, 0.2) is 72.2 Å². The topological polar surface area (TPSA) is 64.2 Å². The van der Waals surface area contributed by atoms with Gasteiger partial charge in [-0.25, -0.2) is 9.97 Å². The molecule has 6 rings (SSSR count). The van der Waals surface area contributed by atoms with Gasteiger partial charge < -0.3 is 9.88 Å². The molecule has 0 aliphatic heterocycles. The number of rotatable bonds is 4. The van der Waals surface area contributed by atoms with Crippen molar-refractivity contribution in [3.63, 3.8) is 0 Å². The van der Waals surface area contributed by atoms with Gasteiger partial charge in [0.2, 0.25) is 0 Å². The van der Waals surface area contributed by atoms with Gasteiger partial charge in [-0.15, -0.1) is 22.7 Å². The van der Waals surface area contributed by atoms with Gasteiger partial charge >= 0.3 is 0 Å². The van der Waals surface area contributed by atoms with Gasteiger partial charge in [0.25, 0.3) is 5.91 Å². The molecule has 1 amide bonds. The fourth-order valence-corrected chi connectivity index (χ4v) is 5.63. The third kappa shape index (κ3) is 2.95. The Morgan fingerprint density at radius 1 is 1.03 bits per heavy atom. The summed E-state index contributed by atoms with van der Waals surface area (Å²) >= 11 is 3.00. The number of para-hydroxylation sites is 2. The smallest absolute Gasteiger partial charge is 0.262 e. The lowest BCUT2D eigenvalue weighted by atomic mass is 10.1. The second-order valence-electron chi connectivity index (χ2n) is 7.30. The van der Waals surface area contributed by atoms with Crippen LogP contribution < -0.4 is 5.32 Å². The fraction of sp³-hybridized carbons (Fsp3) is 0.0870. The molecule has 1 N–H and O–H groups in total. The van der Waals surface area contributed by atoms with Crippen LogP contribution in [-0.2, 0) is 7.05 Å². The average molecular weight is 444 g/mol. The van der Waals surface area contributed by atoms with E-state index in [1.165, 1.54) is 11.3 Å². The van der Waals surface area contributed by atoms with Gasteiger partial charge in [-0.05, 0) is 23.8 Å². The molecule has 4 heterocycles. The van der Waals surface area contributed by atoms with Crippen molar-refractivity contribution in [2.45, 2.75) is 6.04 Å². The van der Waals surface area contributed by atoms with Crippen molar-refractivity contribution in [2.75, 3.05) is 0 Å². The summed E-state index contributed by atoms with van der Waals surface area (Å²) in [5.74, 6) is 0.664. The minimum atomic E-state index is -0.371. The van der Waals surface area contributed by atoms with Crippen LogP contribution in [0.3, 0.4) is 0 Å². The van der Waals surface area contributed by atoms with Crippen molar-refractivity contribution in [3.8, 4) is 0 Å². The summed E-state index contributed by atoms with van der Waals surface area (Å²) in [6.07, 6.45) is 1.98. The number of nitrogens with zero attached hydrogens (tertiary/aromatic N) is 4. The number of aryl methyl sites for hydroxylation is 1. The summed E-state index contributed by atoms with van der Waals surface area (Å²) < 4.78 is 4.07. The lowest BCUT2D eigenvalue weighted by Crippen LogP contribution is -2.30. The number of hydrogen-bond donors (Lipinski definition) is 1. The molecular formula is C23H17N5OS2. The Kier molecular flexibility index (Phi) is 4.15. The van der Waals surface area contributed by atoms with E-state index in [-0.39, 0.29) is 11.9 Å². The van der Waals surface area contributed by atoms with Crippen molar-refractivity contribution >= 4 is 54.9 Å². The number of nitrogens with one attached hydrogen (secondary N) is 1. The molecule has 0 aliphatic carbocycles. The molecule has 4 aromatic heterocycles. The van der Waals surface area contributed by atoms with E-state index >= 15 is 0 Å². The molecule has 31 heavy (non-hydrogen) atoms. The van der Waals surface area contributed by atoms with Crippen molar-refractivity contribution in [2.24, 2.45) is 7.05 Å². The largest absolute Gasteiger partial charge is 0.337 e. The molecule has 0 spiro atoms. The molecule has 0 fully saturated rings. The SMILES string of the molecule is Cn1c(C(NC(=O)c2cc3c(nc4sccn43)s2)c2ccccc2)nc2ccccc21. The van der Waals surface area contributed by atoms with Crippen LogP contribution >= 0.6 is 22.7 Å². The Labute approximate surface area is 185 Å². The molecule has 1 atom stereocenters. The summed E-state index contributed by atoms with van der Waals surface area (Å²) in [6, 6.07) is 19.5. The van der Waals surface area contributed by atoms with Gasteiger partial charge in [0.15, 0.2) is 4.96 Å². The van der Waals surface area contributed by atoms with Crippen LogP contribution in [0.25, 0.3) is 26.3 Å². The monoisotopic (exact) mass is 443 g/mol. The number of aromatic nitrogens is 4. The minimum Gasteiger partial charge on any atom is -0.337 e. The molecule has 152 valence electrons. The molecule has 1 unspecified atom stereocenters. The van der Waals surface area contributed by atoms with E-state index in [1.807, 2.05) is 88.3 Å². The third-order valence-electron chi connectivity index (χ3n) is 5.45. The maximum absolute atomic E-state index is 13.3. The first kappa shape index (κ1) is 18.3. The lowest BCUT2D eigenvalue weighted by molar-refractivity contribution is 0.0945. The first-order valence-corrected chi connectivity index (χ1v) is 11.5. The van der Waals surface area contributed by atoms with E-state index in [4.69, 9.17) is 4.98 Å². The van der Waals surface area contributed by atoms with Crippen molar-refractivity contribution in [1.29, 1.82) is 0 Å². The third-order valence-corrected chi connectivity index (χ3v) is 7.23. The van der Waals surface area contributed by atoms with Crippen LogP contribution in [0.2, 0.25) is 0 Å². The van der Waals surface area contributed by atoms with Crippen molar-refractivity contribution in [1.82, 2.24) is 24.3 Å². The normalized spacial score (nSPS) is 12.7. The Morgan fingerprint density at radius 2 is 1.84 bits per heavy atom. The highest BCUT2D eigenvalue weighted by Crippen LogP contribution is 2.30. The van der Waals surface area contributed by atoms with Gasteiger partial charge in [0.1, 0.15) is 16.7 Å². The molecule has 0 aliphatic rings. The standard InChI is InChI=1S/C23H17N5OS2/c1-27-16-10-6-5-9-15(16)24-20(27)19(14-7-3-2-4-8-14)25-21(29)18-13-17-22(31-18)26-23-28(17)11-12-30-23/h2-13,19H,1H3,(H,25,29). The Hall–Kier alpha value is -3.49. The van der Waals surface area contributed by atoms with Crippen LogP contribution in [-0.4, -0.2) is 24.8 Å². The Bertz CT molecular complexity index is 1560. The van der Waals surface area contributed by atoms with Gasteiger partial charge in [-0.3, -0.25) is 9.20 Å². The number of thiazole rings is 1. The molecule has 2 aromatic carbocycles. The predicted molar refractivity (Wildman–Crippen MR) is 125 cm³/mol. The molecule has 0 saturated carbocycles. The summed E-state index contributed by atoms with van der Waals surface area (Å²) in [5.41, 5.74) is 3.89. The summed E-state index contributed by atoms with van der Waals surface area (Å²) in [5, 5.41) is 5.21. The number of carbonyl (C=O) groups excluding carboxylic acids is 1. The molecule has 0 bridgehead atoms. The van der Waals surface area contributed by atoms with Gasteiger partial charge in [-0.1, -0.05) is 42.5 Å². The number of amides is 1.